The van der Waals surface area contributed by atoms with Gasteiger partial charge in [-0.1, -0.05) is 18.2 Å². The fourth-order valence-electron chi connectivity index (χ4n) is 3.19. The highest BCUT2D eigenvalue weighted by Crippen LogP contribution is 2.32. The maximum absolute atomic E-state index is 13.3. The molecule has 1 aromatic heterocycles. The Labute approximate surface area is 186 Å². The standard InChI is InChI=1S/C22H20F3N3O5/c1-27(14-7-5-4-6-8-14)19(29)17-18(33-12-32-3)15-11-13(26-21(31)22(23,24)25)9-10-16(15)28(2)20(17)30/h4-11H,12H2,1-3H3,(H,26,31). The number of rotatable bonds is 6. The lowest BCUT2D eigenvalue weighted by Gasteiger charge is -2.21. The number of nitrogens with one attached hydrogen (secondary N) is 1. The number of methoxy groups -OCH3 is 1. The number of alkyl halides is 3. The molecule has 0 saturated carbocycles. The number of hydrogen-bond donors (Lipinski definition) is 1. The number of fused-ring (bicyclic) bond motifs is 1. The summed E-state index contributed by atoms with van der Waals surface area (Å²) in [4.78, 5) is 39.0. The third-order valence-corrected chi connectivity index (χ3v) is 4.85. The monoisotopic (exact) mass is 463 g/mol. The second kappa shape index (κ2) is 9.33. The zero-order valence-corrected chi connectivity index (χ0v) is 17.9. The van der Waals surface area contributed by atoms with Crippen LogP contribution in [0.2, 0.25) is 0 Å². The Morgan fingerprint density at radius 2 is 1.79 bits per heavy atom. The van der Waals surface area contributed by atoms with Crippen LogP contribution in [0.1, 0.15) is 10.4 Å². The third kappa shape index (κ3) is 4.82. The molecule has 0 atom stereocenters. The number of aromatic nitrogens is 1. The molecule has 0 fully saturated rings. The fourth-order valence-corrected chi connectivity index (χ4v) is 3.19. The first-order chi connectivity index (χ1) is 15.6. The van der Waals surface area contributed by atoms with Crippen LogP contribution in [0.4, 0.5) is 24.5 Å². The van der Waals surface area contributed by atoms with E-state index in [4.69, 9.17) is 9.47 Å². The Morgan fingerprint density at radius 1 is 1.12 bits per heavy atom. The zero-order chi connectivity index (χ0) is 24.3. The van der Waals surface area contributed by atoms with Gasteiger partial charge in [-0.2, -0.15) is 13.2 Å². The number of halogens is 3. The van der Waals surface area contributed by atoms with Crippen molar-refractivity contribution in [2.24, 2.45) is 7.05 Å². The van der Waals surface area contributed by atoms with Gasteiger partial charge in [0, 0.05) is 38.0 Å². The Balaban J connectivity index is 2.21. The Morgan fingerprint density at radius 3 is 2.39 bits per heavy atom. The average Bonchev–Trinajstić information content (AvgIpc) is 2.79. The van der Waals surface area contributed by atoms with E-state index in [-0.39, 0.29) is 34.7 Å². The number of ether oxygens (including phenoxy) is 2. The van der Waals surface area contributed by atoms with Crippen molar-refractivity contribution in [1.82, 2.24) is 4.57 Å². The van der Waals surface area contributed by atoms with Crippen molar-refractivity contribution in [3.05, 3.63) is 64.4 Å². The molecule has 8 nitrogen and oxygen atoms in total. The fraction of sp³-hybridized carbons (Fsp3) is 0.227. The lowest BCUT2D eigenvalue weighted by molar-refractivity contribution is -0.167. The molecule has 1 heterocycles. The summed E-state index contributed by atoms with van der Waals surface area (Å²) >= 11 is 0. The van der Waals surface area contributed by atoms with E-state index in [0.29, 0.717) is 5.69 Å². The number of aryl methyl sites for hydroxylation is 1. The van der Waals surface area contributed by atoms with Gasteiger partial charge in [0.15, 0.2) is 6.79 Å². The van der Waals surface area contributed by atoms with E-state index >= 15 is 0 Å². The van der Waals surface area contributed by atoms with Crippen LogP contribution in [0.25, 0.3) is 10.9 Å². The lowest BCUT2D eigenvalue weighted by atomic mass is 10.1. The smallest absolute Gasteiger partial charge is 0.466 e. The van der Waals surface area contributed by atoms with Gasteiger partial charge in [0.1, 0.15) is 11.3 Å². The summed E-state index contributed by atoms with van der Waals surface area (Å²) in [6.07, 6.45) is -5.09. The van der Waals surface area contributed by atoms with E-state index < -0.39 is 23.5 Å². The summed E-state index contributed by atoms with van der Waals surface area (Å²) < 4.78 is 49.7. The predicted molar refractivity (Wildman–Crippen MR) is 116 cm³/mol. The lowest BCUT2D eigenvalue weighted by Crippen LogP contribution is -2.35. The Kier molecular flexibility index (Phi) is 6.73. The number of carbonyl (C=O) groups excluding carboxylic acids is 2. The van der Waals surface area contributed by atoms with Crippen LogP contribution in [0.5, 0.6) is 5.75 Å². The van der Waals surface area contributed by atoms with Gasteiger partial charge in [-0.25, -0.2) is 0 Å². The van der Waals surface area contributed by atoms with Crippen molar-refractivity contribution in [3.8, 4) is 5.75 Å². The number of pyridine rings is 1. The minimum Gasteiger partial charge on any atom is -0.466 e. The van der Waals surface area contributed by atoms with Crippen LogP contribution in [-0.4, -0.2) is 43.5 Å². The molecule has 3 rings (SSSR count). The molecule has 174 valence electrons. The SMILES string of the molecule is COCOc1c(C(=O)N(C)c2ccccc2)c(=O)n(C)c2ccc(NC(=O)C(F)(F)F)cc12. The molecule has 3 aromatic rings. The number of carbonyl (C=O) groups is 2. The first kappa shape index (κ1) is 23.8. The highest BCUT2D eigenvalue weighted by atomic mass is 19.4. The van der Waals surface area contributed by atoms with Gasteiger partial charge in [0.2, 0.25) is 0 Å². The molecule has 1 N–H and O–H groups in total. The van der Waals surface area contributed by atoms with Gasteiger partial charge in [-0.15, -0.1) is 0 Å². The Bertz CT molecular complexity index is 1260. The van der Waals surface area contributed by atoms with E-state index in [2.05, 4.69) is 0 Å². The first-order valence-electron chi connectivity index (χ1n) is 9.56. The molecule has 0 aliphatic carbocycles. The van der Waals surface area contributed by atoms with Gasteiger partial charge < -0.3 is 24.3 Å². The van der Waals surface area contributed by atoms with Gasteiger partial charge in [-0.05, 0) is 30.3 Å². The number of benzene rings is 2. The minimum absolute atomic E-state index is 0.138. The molecular weight excluding hydrogens is 443 g/mol. The molecule has 2 amide bonds. The maximum Gasteiger partial charge on any atom is 0.471 e. The van der Waals surface area contributed by atoms with Crippen molar-refractivity contribution in [2.45, 2.75) is 6.18 Å². The summed E-state index contributed by atoms with van der Waals surface area (Å²) in [5.74, 6) is -3.03. The van der Waals surface area contributed by atoms with Gasteiger partial charge in [-0.3, -0.25) is 14.4 Å². The van der Waals surface area contributed by atoms with Crippen molar-refractivity contribution in [3.63, 3.8) is 0 Å². The average molecular weight is 463 g/mol. The number of para-hydroxylation sites is 1. The molecule has 0 unspecified atom stereocenters. The highest BCUT2D eigenvalue weighted by molar-refractivity contribution is 6.10. The van der Waals surface area contributed by atoms with Crippen LogP contribution < -0.4 is 20.5 Å². The largest absolute Gasteiger partial charge is 0.471 e. The second-order valence-corrected chi connectivity index (χ2v) is 7.00. The predicted octanol–water partition coefficient (Wildman–Crippen LogP) is 3.30. The normalized spacial score (nSPS) is 11.3. The quantitative estimate of drug-likeness (QED) is 0.567. The summed E-state index contributed by atoms with van der Waals surface area (Å²) in [6, 6.07) is 12.3. The van der Waals surface area contributed by atoms with Crippen LogP contribution in [0.3, 0.4) is 0 Å². The molecule has 0 spiro atoms. The molecular formula is C22H20F3N3O5. The summed E-state index contributed by atoms with van der Waals surface area (Å²) in [5.41, 5.74) is -0.426. The summed E-state index contributed by atoms with van der Waals surface area (Å²) in [7, 11) is 4.22. The van der Waals surface area contributed by atoms with E-state index in [1.165, 1.54) is 48.9 Å². The van der Waals surface area contributed by atoms with E-state index in [9.17, 15) is 27.6 Å². The van der Waals surface area contributed by atoms with Crippen molar-refractivity contribution < 1.29 is 32.2 Å². The second-order valence-electron chi connectivity index (χ2n) is 7.00. The van der Waals surface area contributed by atoms with Gasteiger partial charge >= 0.3 is 12.1 Å². The molecule has 0 aliphatic heterocycles. The minimum atomic E-state index is -5.09. The molecule has 2 aromatic carbocycles. The topological polar surface area (TPSA) is 89.9 Å². The summed E-state index contributed by atoms with van der Waals surface area (Å²) in [5, 5.41) is 1.89. The van der Waals surface area contributed by atoms with E-state index in [0.717, 1.165) is 0 Å². The number of amides is 2. The van der Waals surface area contributed by atoms with Crippen LogP contribution in [0.15, 0.2) is 53.3 Å². The van der Waals surface area contributed by atoms with Gasteiger partial charge in [0.25, 0.3) is 11.5 Å². The Hall–Kier alpha value is -3.86. The molecule has 0 radical (unpaired) electrons. The number of anilines is 2. The zero-order valence-electron chi connectivity index (χ0n) is 17.9. The molecule has 11 heteroatoms. The van der Waals surface area contributed by atoms with Crippen molar-refractivity contribution in [1.29, 1.82) is 0 Å². The first-order valence-corrected chi connectivity index (χ1v) is 9.56. The van der Waals surface area contributed by atoms with E-state index in [1.807, 2.05) is 0 Å². The molecule has 0 aliphatic rings. The highest BCUT2D eigenvalue weighted by Gasteiger charge is 2.38. The summed E-state index contributed by atoms with van der Waals surface area (Å²) in [6.45, 7) is -0.337. The molecule has 0 bridgehead atoms. The van der Waals surface area contributed by atoms with Crippen LogP contribution >= 0.6 is 0 Å². The molecule has 0 saturated heterocycles. The van der Waals surface area contributed by atoms with E-state index in [1.54, 1.807) is 35.6 Å². The van der Waals surface area contributed by atoms with Crippen LogP contribution in [0, 0.1) is 0 Å². The number of hydrogen-bond acceptors (Lipinski definition) is 5. The van der Waals surface area contributed by atoms with Gasteiger partial charge in [0.05, 0.1) is 5.52 Å². The van der Waals surface area contributed by atoms with Crippen molar-refractivity contribution >= 4 is 34.1 Å². The third-order valence-electron chi connectivity index (χ3n) is 4.85. The maximum atomic E-state index is 13.3. The van der Waals surface area contributed by atoms with Crippen LogP contribution in [-0.2, 0) is 16.6 Å². The molecule has 33 heavy (non-hydrogen) atoms. The number of nitrogens with zero attached hydrogens (tertiary/aromatic N) is 2. The van der Waals surface area contributed by atoms with Crippen molar-refractivity contribution in [2.75, 3.05) is 31.2 Å².